The van der Waals surface area contributed by atoms with Crippen LogP contribution in [0.1, 0.15) is 6.42 Å². The van der Waals surface area contributed by atoms with Gasteiger partial charge in [-0.15, -0.1) is 0 Å². The molecule has 0 amide bonds. The average Bonchev–Trinajstić information content (AvgIpc) is 3.03. The average molecular weight is 298 g/mol. The summed E-state index contributed by atoms with van der Waals surface area (Å²) in [5, 5.41) is 3.18. The highest BCUT2D eigenvalue weighted by molar-refractivity contribution is 5.88. The van der Waals surface area contributed by atoms with Crippen molar-refractivity contribution in [1.29, 1.82) is 0 Å². The molecule has 114 valence electrons. The van der Waals surface area contributed by atoms with Crippen molar-refractivity contribution < 1.29 is 4.74 Å². The van der Waals surface area contributed by atoms with Crippen molar-refractivity contribution in [3.05, 3.63) is 30.6 Å². The number of hydrogen-bond donors (Lipinski definition) is 3. The third-order valence-electron chi connectivity index (χ3n) is 3.31. The van der Waals surface area contributed by atoms with Gasteiger partial charge in [-0.3, -0.25) is 0 Å². The van der Waals surface area contributed by atoms with Crippen molar-refractivity contribution in [2.24, 2.45) is 5.73 Å². The molecule has 0 saturated carbocycles. The first kappa shape index (κ1) is 14.3. The number of fused-ring (bicyclic) bond motifs is 1. The number of benzene rings is 1. The van der Waals surface area contributed by atoms with Crippen LogP contribution in [-0.4, -0.2) is 40.1 Å². The Balaban J connectivity index is 2.00. The number of ether oxygens (including phenoxy) is 1. The van der Waals surface area contributed by atoms with Gasteiger partial charge in [0.25, 0.3) is 0 Å². The Hall–Kier alpha value is -2.67. The highest BCUT2D eigenvalue weighted by Crippen LogP contribution is 2.26. The summed E-state index contributed by atoms with van der Waals surface area (Å²) >= 11 is 0. The Morgan fingerprint density at radius 1 is 1.23 bits per heavy atom. The van der Waals surface area contributed by atoms with E-state index in [9.17, 15) is 0 Å². The minimum absolute atomic E-state index is 0.555. The van der Waals surface area contributed by atoms with Crippen molar-refractivity contribution in [2.75, 3.05) is 25.5 Å². The van der Waals surface area contributed by atoms with Crippen LogP contribution in [0.5, 0.6) is 5.75 Å². The predicted molar refractivity (Wildman–Crippen MR) is 85.8 cm³/mol. The Kier molecular flexibility index (Phi) is 4.15. The van der Waals surface area contributed by atoms with Gasteiger partial charge in [0.2, 0.25) is 5.95 Å². The van der Waals surface area contributed by atoms with Crippen LogP contribution < -0.4 is 15.8 Å². The second kappa shape index (κ2) is 6.40. The normalized spacial score (nSPS) is 10.8. The first-order valence-corrected chi connectivity index (χ1v) is 7.11. The van der Waals surface area contributed by atoms with Crippen LogP contribution in [0.3, 0.4) is 0 Å². The maximum Gasteiger partial charge on any atom is 0.225 e. The minimum atomic E-state index is 0.555. The Morgan fingerprint density at radius 2 is 2.05 bits per heavy atom. The zero-order valence-corrected chi connectivity index (χ0v) is 12.3. The molecule has 3 aromatic rings. The lowest BCUT2D eigenvalue weighted by atomic mass is 10.1. The van der Waals surface area contributed by atoms with Crippen molar-refractivity contribution in [3.8, 4) is 17.0 Å². The third-order valence-corrected chi connectivity index (χ3v) is 3.31. The van der Waals surface area contributed by atoms with Gasteiger partial charge in [0, 0.05) is 12.1 Å². The molecular weight excluding hydrogens is 280 g/mol. The largest absolute Gasteiger partial charge is 0.497 e. The second-order valence-corrected chi connectivity index (χ2v) is 4.79. The zero-order valence-electron chi connectivity index (χ0n) is 12.3. The number of methoxy groups -OCH3 is 1. The Bertz CT molecular complexity index is 752. The van der Waals surface area contributed by atoms with E-state index in [0.717, 1.165) is 35.5 Å². The molecule has 0 aliphatic carbocycles. The molecule has 3 rings (SSSR count). The molecule has 0 radical (unpaired) electrons. The van der Waals surface area contributed by atoms with E-state index in [1.165, 1.54) is 0 Å². The van der Waals surface area contributed by atoms with Crippen LogP contribution in [0, 0.1) is 0 Å². The highest BCUT2D eigenvalue weighted by atomic mass is 16.5. The molecule has 0 spiro atoms. The maximum absolute atomic E-state index is 5.50. The van der Waals surface area contributed by atoms with E-state index in [2.05, 4.69) is 25.3 Å². The summed E-state index contributed by atoms with van der Waals surface area (Å²) in [6.45, 7) is 1.36. The third kappa shape index (κ3) is 2.84. The second-order valence-electron chi connectivity index (χ2n) is 4.79. The number of imidazole rings is 1. The smallest absolute Gasteiger partial charge is 0.225 e. The maximum atomic E-state index is 5.50. The zero-order chi connectivity index (χ0) is 15.4. The van der Waals surface area contributed by atoms with Gasteiger partial charge >= 0.3 is 0 Å². The molecule has 0 saturated heterocycles. The number of anilines is 1. The molecule has 0 aliphatic heterocycles. The monoisotopic (exact) mass is 298 g/mol. The fraction of sp³-hybridized carbons (Fsp3) is 0.267. The van der Waals surface area contributed by atoms with Crippen LogP contribution in [0.25, 0.3) is 22.4 Å². The summed E-state index contributed by atoms with van der Waals surface area (Å²) in [6, 6.07) is 7.73. The van der Waals surface area contributed by atoms with Gasteiger partial charge in [-0.2, -0.15) is 4.98 Å². The van der Waals surface area contributed by atoms with E-state index in [4.69, 9.17) is 10.5 Å². The van der Waals surface area contributed by atoms with Gasteiger partial charge in [-0.05, 0) is 37.2 Å². The number of hydrogen-bond acceptors (Lipinski definition) is 6. The van der Waals surface area contributed by atoms with Crippen LogP contribution in [0.2, 0.25) is 0 Å². The fourth-order valence-corrected chi connectivity index (χ4v) is 2.17. The summed E-state index contributed by atoms with van der Waals surface area (Å²) in [5.41, 5.74) is 8.73. The summed E-state index contributed by atoms with van der Waals surface area (Å²) in [4.78, 5) is 16.3. The number of aromatic amines is 1. The van der Waals surface area contributed by atoms with Crippen LogP contribution >= 0.6 is 0 Å². The lowest BCUT2D eigenvalue weighted by molar-refractivity contribution is 0.415. The molecule has 2 aromatic heterocycles. The van der Waals surface area contributed by atoms with Gasteiger partial charge in [-0.25, -0.2) is 9.97 Å². The number of nitrogens with one attached hydrogen (secondary N) is 2. The van der Waals surface area contributed by atoms with Crippen LogP contribution in [0.4, 0.5) is 5.95 Å². The van der Waals surface area contributed by atoms with Crippen molar-refractivity contribution in [2.45, 2.75) is 6.42 Å². The number of nitrogens with zero attached hydrogens (tertiary/aromatic N) is 3. The van der Waals surface area contributed by atoms with Gasteiger partial charge < -0.3 is 20.8 Å². The molecule has 7 heteroatoms. The van der Waals surface area contributed by atoms with E-state index in [1.54, 1.807) is 13.4 Å². The molecule has 0 atom stereocenters. The molecule has 0 unspecified atom stereocenters. The van der Waals surface area contributed by atoms with Gasteiger partial charge in [-0.1, -0.05) is 0 Å². The SMILES string of the molecule is COc1ccc(-c2nc(NCCCN)nc3nc[nH]c23)cc1. The van der Waals surface area contributed by atoms with E-state index in [1.807, 2.05) is 24.3 Å². The number of H-pyrrole nitrogens is 1. The van der Waals surface area contributed by atoms with E-state index >= 15 is 0 Å². The van der Waals surface area contributed by atoms with Gasteiger partial charge in [0.1, 0.15) is 17.0 Å². The van der Waals surface area contributed by atoms with Crippen LogP contribution in [-0.2, 0) is 0 Å². The fourth-order valence-electron chi connectivity index (χ4n) is 2.17. The molecule has 0 fully saturated rings. The lowest BCUT2D eigenvalue weighted by Gasteiger charge is -2.08. The van der Waals surface area contributed by atoms with Crippen LogP contribution in [0.15, 0.2) is 30.6 Å². The molecule has 2 heterocycles. The van der Waals surface area contributed by atoms with Gasteiger partial charge in [0.05, 0.1) is 13.4 Å². The molecule has 1 aromatic carbocycles. The number of rotatable bonds is 6. The first-order valence-electron chi connectivity index (χ1n) is 7.11. The standard InChI is InChI=1S/C15H18N6O/c1-22-11-5-3-10(4-6-11)12-13-14(19-9-18-13)21-15(20-12)17-8-2-7-16/h3-6,9H,2,7-8,16H2,1H3,(H2,17,18,19,20,21). The lowest BCUT2D eigenvalue weighted by Crippen LogP contribution is -2.10. The Labute approximate surface area is 128 Å². The van der Waals surface area contributed by atoms with E-state index in [0.29, 0.717) is 18.1 Å². The summed E-state index contributed by atoms with van der Waals surface area (Å²) in [5.74, 6) is 1.36. The molecule has 22 heavy (non-hydrogen) atoms. The summed E-state index contributed by atoms with van der Waals surface area (Å²) in [7, 11) is 1.65. The van der Waals surface area contributed by atoms with Crippen molar-refractivity contribution >= 4 is 17.1 Å². The Morgan fingerprint density at radius 3 is 2.77 bits per heavy atom. The van der Waals surface area contributed by atoms with Gasteiger partial charge in [0.15, 0.2) is 5.65 Å². The molecule has 7 nitrogen and oxygen atoms in total. The molecular formula is C15H18N6O. The van der Waals surface area contributed by atoms with Crippen molar-refractivity contribution in [1.82, 2.24) is 19.9 Å². The summed E-state index contributed by atoms with van der Waals surface area (Å²) in [6.07, 6.45) is 2.48. The van der Waals surface area contributed by atoms with Crippen molar-refractivity contribution in [3.63, 3.8) is 0 Å². The molecule has 0 bridgehead atoms. The first-order chi connectivity index (χ1) is 10.8. The van der Waals surface area contributed by atoms with E-state index < -0.39 is 0 Å². The quantitative estimate of drug-likeness (QED) is 0.600. The van der Waals surface area contributed by atoms with E-state index in [-0.39, 0.29) is 0 Å². The number of aromatic nitrogens is 4. The molecule has 4 N–H and O–H groups in total. The summed E-state index contributed by atoms with van der Waals surface area (Å²) < 4.78 is 5.19. The molecule has 0 aliphatic rings. The topological polar surface area (TPSA) is 102 Å². The minimum Gasteiger partial charge on any atom is -0.497 e. The highest BCUT2D eigenvalue weighted by Gasteiger charge is 2.11. The number of nitrogens with two attached hydrogens (primary N) is 1. The predicted octanol–water partition coefficient (Wildman–Crippen LogP) is 1.79.